The van der Waals surface area contributed by atoms with E-state index in [0.717, 1.165) is 40.8 Å². The summed E-state index contributed by atoms with van der Waals surface area (Å²) >= 11 is 0. The van der Waals surface area contributed by atoms with Crippen LogP contribution in [-0.2, 0) is 10.0 Å². The normalized spacial score (nSPS) is 18.1. The second-order valence-corrected chi connectivity index (χ2v) is 10.3. The highest BCUT2D eigenvalue weighted by Crippen LogP contribution is 2.33. The van der Waals surface area contributed by atoms with Crippen LogP contribution in [0.4, 0.5) is 11.5 Å². The van der Waals surface area contributed by atoms with E-state index < -0.39 is 10.0 Å². The summed E-state index contributed by atoms with van der Waals surface area (Å²) in [5.74, 6) is 0.262. The molecular weight excluding hydrogens is 438 g/mol. The van der Waals surface area contributed by atoms with E-state index in [1.165, 1.54) is 0 Å². The molecule has 1 aliphatic carbocycles. The summed E-state index contributed by atoms with van der Waals surface area (Å²) in [5.41, 5.74) is 10.7. The molecule has 2 aliphatic rings. The van der Waals surface area contributed by atoms with Crippen molar-refractivity contribution in [3.8, 4) is 22.3 Å². The molecule has 1 aliphatic heterocycles. The van der Waals surface area contributed by atoms with Crippen LogP contribution in [-0.4, -0.2) is 37.9 Å². The highest BCUT2D eigenvalue weighted by Gasteiger charge is 2.28. The monoisotopic (exact) mass is 463 g/mol. The second-order valence-electron chi connectivity index (χ2n) is 8.59. The van der Waals surface area contributed by atoms with Gasteiger partial charge in [-0.05, 0) is 61.2 Å². The first-order valence-electron chi connectivity index (χ1n) is 10.9. The van der Waals surface area contributed by atoms with Crippen LogP contribution in [0.25, 0.3) is 22.3 Å². The quantitative estimate of drug-likeness (QED) is 0.461. The number of nitrogens with zero attached hydrogens (tertiary/aromatic N) is 1. The molecule has 33 heavy (non-hydrogen) atoms. The van der Waals surface area contributed by atoms with E-state index in [1.807, 2.05) is 25.1 Å². The van der Waals surface area contributed by atoms with E-state index in [1.54, 1.807) is 36.5 Å². The van der Waals surface area contributed by atoms with Crippen LogP contribution in [0.5, 0.6) is 0 Å². The fourth-order valence-electron chi connectivity index (χ4n) is 3.85. The zero-order valence-corrected chi connectivity index (χ0v) is 18.9. The van der Waals surface area contributed by atoms with Crippen molar-refractivity contribution in [2.24, 2.45) is 0 Å². The van der Waals surface area contributed by atoms with E-state index in [0.29, 0.717) is 17.9 Å². The van der Waals surface area contributed by atoms with Gasteiger partial charge in [0.15, 0.2) is 0 Å². The third-order valence-corrected chi connectivity index (χ3v) is 7.40. The minimum atomic E-state index is -3.50. The summed E-state index contributed by atoms with van der Waals surface area (Å²) in [7, 11) is -3.50. The molecule has 2 heterocycles. The first kappa shape index (κ1) is 21.4. The molecule has 1 atom stereocenters. The predicted octanol–water partition coefficient (Wildman–Crippen LogP) is 2.98. The Kier molecular flexibility index (Phi) is 5.30. The average Bonchev–Trinajstić information content (AvgIpc) is 3.62. The third-order valence-electron chi connectivity index (χ3n) is 5.87. The Balaban J connectivity index is 1.46. The number of nitrogen functional groups attached to an aromatic ring is 1. The molecule has 8 nitrogen and oxygen atoms in total. The minimum Gasteiger partial charge on any atom is -0.383 e. The van der Waals surface area contributed by atoms with Gasteiger partial charge in [0.05, 0.1) is 10.5 Å². The zero-order chi connectivity index (χ0) is 23.2. The minimum absolute atomic E-state index is 0.0228. The van der Waals surface area contributed by atoms with Gasteiger partial charge in [-0.15, -0.1) is 0 Å². The van der Waals surface area contributed by atoms with Crippen molar-refractivity contribution in [2.45, 2.75) is 36.7 Å². The van der Waals surface area contributed by atoms with Crippen LogP contribution < -0.4 is 21.1 Å². The van der Waals surface area contributed by atoms with Gasteiger partial charge in [0.25, 0.3) is 5.91 Å². The van der Waals surface area contributed by atoms with Gasteiger partial charge in [-0.25, -0.2) is 18.1 Å². The predicted molar refractivity (Wildman–Crippen MR) is 128 cm³/mol. The molecular formula is C24H25N5O3S. The highest BCUT2D eigenvalue weighted by atomic mass is 32.2. The SMILES string of the molecule is CC1CNc2cc(-c3cc(-c4ccc(S(=O)(=O)NC5CC5)cc4)cnc3N)ccc2C(=O)N1. The number of benzene rings is 2. The Morgan fingerprint density at radius 2 is 1.73 bits per heavy atom. The molecule has 1 amide bonds. The van der Waals surface area contributed by atoms with Crippen molar-refractivity contribution in [3.63, 3.8) is 0 Å². The lowest BCUT2D eigenvalue weighted by Crippen LogP contribution is -2.34. The van der Waals surface area contributed by atoms with Crippen LogP contribution in [0.15, 0.2) is 59.6 Å². The maximum Gasteiger partial charge on any atom is 0.253 e. The number of fused-ring (bicyclic) bond motifs is 1. The van der Waals surface area contributed by atoms with Crippen LogP contribution in [0.3, 0.4) is 0 Å². The maximum atomic E-state index is 12.4. The molecule has 1 aromatic heterocycles. The first-order chi connectivity index (χ1) is 15.8. The molecule has 5 rings (SSSR count). The number of pyridine rings is 1. The second kappa shape index (κ2) is 8.17. The molecule has 1 fully saturated rings. The molecule has 0 bridgehead atoms. The van der Waals surface area contributed by atoms with E-state index in [-0.39, 0.29) is 22.9 Å². The molecule has 3 aromatic rings. The summed E-state index contributed by atoms with van der Waals surface area (Å²) in [5, 5.41) is 6.25. The van der Waals surface area contributed by atoms with E-state index in [4.69, 9.17) is 5.73 Å². The number of hydrogen-bond acceptors (Lipinski definition) is 6. The number of aromatic nitrogens is 1. The Labute approximate surface area is 192 Å². The molecule has 1 unspecified atom stereocenters. The van der Waals surface area contributed by atoms with Gasteiger partial charge in [0.2, 0.25) is 10.0 Å². The van der Waals surface area contributed by atoms with Crippen molar-refractivity contribution in [3.05, 3.63) is 60.3 Å². The van der Waals surface area contributed by atoms with Gasteiger partial charge in [0.1, 0.15) is 5.82 Å². The molecule has 0 saturated heterocycles. The summed E-state index contributed by atoms with van der Waals surface area (Å²) in [4.78, 5) is 17.0. The van der Waals surface area contributed by atoms with Crippen LogP contribution in [0.2, 0.25) is 0 Å². The van der Waals surface area contributed by atoms with E-state index in [2.05, 4.69) is 20.3 Å². The Bertz CT molecular complexity index is 1330. The molecule has 9 heteroatoms. The van der Waals surface area contributed by atoms with E-state index >= 15 is 0 Å². The Morgan fingerprint density at radius 1 is 1.00 bits per heavy atom. The van der Waals surface area contributed by atoms with Crippen molar-refractivity contribution in [2.75, 3.05) is 17.6 Å². The number of carbonyl (C=O) groups is 1. The van der Waals surface area contributed by atoms with Crippen LogP contribution >= 0.6 is 0 Å². The van der Waals surface area contributed by atoms with Gasteiger partial charge in [-0.2, -0.15) is 0 Å². The molecule has 5 N–H and O–H groups in total. The smallest absolute Gasteiger partial charge is 0.253 e. The number of nitrogens with two attached hydrogens (primary N) is 1. The number of hydrogen-bond donors (Lipinski definition) is 4. The topological polar surface area (TPSA) is 126 Å². The number of nitrogens with one attached hydrogen (secondary N) is 3. The molecule has 0 spiro atoms. The molecule has 1 saturated carbocycles. The molecule has 0 radical (unpaired) electrons. The van der Waals surface area contributed by atoms with Crippen LogP contribution in [0.1, 0.15) is 30.1 Å². The van der Waals surface area contributed by atoms with Gasteiger partial charge in [-0.3, -0.25) is 4.79 Å². The lowest BCUT2D eigenvalue weighted by molar-refractivity contribution is 0.0945. The van der Waals surface area contributed by atoms with Crippen molar-refractivity contribution < 1.29 is 13.2 Å². The highest BCUT2D eigenvalue weighted by molar-refractivity contribution is 7.89. The first-order valence-corrected chi connectivity index (χ1v) is 12.4. The number of amides is 1. The number of rotatable bonds is 5. The fraction of sp³-hybridized carbons (Fsp3) is 0.250. The molecule has 2 aromatic carbocycles. The summed E-state index contributed by atoms with van der Waals surface area (Å²) in [6.45, 7) is 2.57. The van der Waals surface area contributed by atoms with Crippen molar-refractivity contribution >= 4 is 27.4 Å². The standard InChI is InChI=1S/C24H25N5O3S/c1-14-12-26-22-11-16(4-9-20(22)24(30)28-14)21-10-17(13-27-23(21)25)15-2-7-19(8-3-15)33(31,32)29-18-5-6-18/h2-4,7-11,13-14,18,26,29H,5-6,12H2,1H3,(H2,25,27)(H,28,30). The summed E-state index contributed by atoms with van der Waals surface area (Å²) < 4.78 is 27.5. The van der Waals surface area contributed by atoms with Gasteiger partial charge in [0, 0.05) is 41.6 Å². The van der Waals surface area contributed by atoms with Gasteiger partial charge < -0.3 is 16.4 Å². The Morgan fingerprint density at radius 3 is 2.45 bits per heavy atom. The van der Waals surface area contributed by atoms with Gasteiger partial charge in [-0.1, -0.05) is 18.2 Å². The number of anilines is 2. The fourth-order valence-corrected chi connectivity index (χ4v) is 5.16. The van der Waals surface area contributed by atoms with Crippen molar-refractivity contribution in [1.29, 1.82) is 0 Å². The van der Waals surface area contributed by atoms with Gasteiger partial charge >= 0.3 is 0 Å². The third kappa shape index (κ3) is 4.42. The largest absolute Gasteiger partial charge is 0.383 e. The Hall–Kier alpha value is -3.43. The number of sulfonamides is 1. The average molecular weight is 464 g/mol. The lowest BCUT2D eigenvalue weighted by Gasteiger charge is -2.12. The lowest BCUT2D eigenvalue weighted by atomic mass is 9.99. The summed E-state index contributed by atoms with van der Waals surface area (Å²) in [6, 6.07) is 14.3. The zero-order valence-electron chi connectivity index (χ0n) is 18.1. The van der Waals surface area contributed by atoms with Crippen molar-refractivity contribution in [1.82, 2.24) is 15.0 Å². The maximum absolute atomic E-state index is 12.4. The summed E-state index contributed by atoms with van der Waals surface area (Å²) in [6.07, 6.45) is 3.44. The van der Waals surface area contributed by atoms with E-state index in [9.17, 15) is 13.2 Å². The molecule has 170 valence electrons. The number of carbonyl (C=O) groups excluding carboxylic acids is 1. The van der Waals surface area contributed by atoms with Crippen LogP contribution in [0, 0.1) is 0 Å².